The van der Waals surface area contributed by atoms with E-state index in [2.05, 4.69) is 46.2 Å². The van der Waals surface area contributed by atoms with Crippen LogP contribution in [0.4, 0.5) is 0 Å². The normalized spacial score (nSPS) is 10.7. The van der Waals surface area contributed by atoms with Gasteiger partial charge in [0, 0.05) is 9.86 Å². The van der Waals surface area contributed by atoms with E-state index in [1.54, 1.807) is 6.07 Å². The number of aromatic nitrogens is 2. The molecule has 0 fully saturated rings. The molecule has 0 aliphatic heterocycles. The van der Waals surface area contributed by atoms with E-state index in [1.807, 2.05) is 29.8 Å². The second-order valence-electron chi connectivity index (χ2n) is 4.74. The molecule has 1 aromatic heterocycles. The molecule has 0 bridgehead atoms. The van der Waals surface area contributed by atoms with Gasteiger partial charge < -0.3 is 0 Å². The summed E-state index contributed by atoms with van der Waals surface area (Å²) in [7, 11) is 0. The number of halogens is 1. The minimum Gasteiger partial charge on any atom is -0.233 e. The van der Waals surface area contributed by atoms with Crippen molar-refractivity contribution in [2.24, 2.45) is 0 Å². The summed E-state index contributed by atoms with van der Waals surface area (Å²) < 4.78 is 2.70. The number of hydrogen-bond acceptors (Lipinski definition) is 2. The van der Waals surface area contributed by atoms with Crippen molar-refractivity contribution < 1.29 is 0 Å². The summed E-state index contributed by atoms with van der Waals surface area (Å²) in [6.45, 7) is 4.11. The lowest BCUT2D eigenvalue weighted by molar-refractivity contribution is 0.888. The highest BCUT2D eigenvalue weighted by Crippen LogP contribution is 2.26. The van der Waals surface area contributed by atoms with Gasteiger partial charge >= 0.3 is 0 Å². The van der Waals surface area contributed by atoms with Crippen molar-refractivity contribution in [3.63, 3.8) is 0 Å². The Bertz CT molecular complexity index is 856. The van der Waals surface area contributed by atoms with Crippen molar-refractivity contribution >= 4 is 26.8 Å². The molecule has 0 radical (unpaired) electrons. The Kier molecular flexibility index (Phi) is 3.07. The zero-order valence-corrected chi connectivity index (χ0v) is 12.8. The zero-order chi connectivity index (χ0) is 14.3. The molecule has 0 aliphatic rings. The molecule has 4 heteroatoms. The maximum Gasteiger partial charge on any atom is 0.100 e. The Balaban J connectivity index is 2.28. The number of hydrogen-bond donors (Lipinski definition) is 0. The van der Waals surface area contributed by atoms with Crippen molar-refractivity contribution in [3.05, 3.63) is 57.7 Å². The maximum absolute atomic E-state index is 8.99. The molecule has 0 saturated heterocycles. The summed E-state index contributed by atoms with van der Waals surface area (Å²) >= 11 is 3.43. The van der Waals surface area contributed by atoms with Crippen molar-refractivity contribution in [2.45, 2.75) is 13.8 Å². The molecule has 20 heavy (non-hydrogen) atoms. The van der Waals surface area contributed by atoms with Gasteiger partial charge in [0.05, 0.1) is 22.5 Å². The van der Waals surface area contributed by atoms with E-state index < -0.39 is 0 Å². The first-order valence-electron chi connectivity index (χ1n) is 6.27. The van der Waals surface area contributed by atoms with Crippen LogP contribution in [0.3, 0.4) is 0 Å². The lowest BCUT2D eigenvalue weighted by Gasteiger charge is -2.05. The van der Waals surface area contributed by atoms with Crippen LogP contribution in [-0.4, -0.2) is 9.78 Å². The number of nitrogens with zero attached hydrogens (tertiary/aromatic N) is 3. The van der Waals surface area contributed by atoms with Crippen molar-refractivity contribution in [3.8, 4) is 11.8 Å². The van der Waals surface area contributed by atoms with Crippen LogP contribution in [0.15, 0.2) is 40.9 Å². The van der Waals surface area contributed by atoms with Crippen LogP contribution in [0.25, 0.3) is 16.6 Å². The number of rotatable bonds is 1. The quantitative estimate of drug-likeness (QED) is 0.670. The molecule has 2 aromatic carbocycles. The molecule has 3 aromatic rings. The van der Waals surface area contributed by atoms with Gasteiger partial charge in [-0.2, -0.15) is 10.4 Å². The van der Waals surface area contributed by atoms with Crippen LogP contribution < -0.4 is 0 Å². The van der Waals surface area contributed by atoms with Crippen LogP contribution in [0.1, 0.15) is 16.8 Å². The predicted molar refractivity (Wildman–Crippen MR) is 83.0 cm³/mol. The van der Waals surface area contributed by atoms with Gasteiger partial charge in [0.15, 0.2) is 0 Å². The Morgan fingerprint density at radius 2 is 2.00 bits per heavy atom. The van der Waals surface area contributed by atoms with Gasteiger partial charge in [-0.05, 0) is 59.6 Å². The maximum atomic E-state index is 8.99. The van der Waals surface area contributed by atoms with E-state index in [0.717, 1.165) is 21.4 Å². The standard InChI is InChI=1S/C16H12BrN3/c1-10-4-3-5-15-16(10)11(2)19-20(15)13-7-6-12(9-18)14(17)8-13/h3-8H,1-2H3. The molecular weight excluding hydrogens is 314 g/mol. The number of benzene rings is 2. The lowest BCUT2D eigenvalue weighted by Crippen LogP contribution is -1.97. The predicted octanol–water partition coefficient (Wildman–Crippen LogP) is 4.28. The molecule has 1 heterocycles. The molecule has 0 atom stereocenters. The Labute approximate surface area is 125 Å². The average Bonchev–Trinajstić information content (AvgIpc) is 2.77. The van der Waals surface area contributed by atoms with Gasteiger partial charge in [0.25, 0.3) is 0 Å². The zero-order valence-electron chi connectivity index (χ0n) is 11.2. The summed E-state index contributed by atoms with van der Waals surface area (Å²) in [6.07, 6.45) is 0. The third kappa shape index (κ3) is 1.91. The van der Waals surface area contributed by atoms with Crippen molar-refractivity contribution in [2.75, 3.05) is 0 Å². The van der Waals surface area contributed by atoms with E-state index in [4.69, 9.17) is 5.26 Å². The first-order chi connectivity index (χ1) is 9.61. The van der Waals surface area contributed by atoms with Gasteiger partial charge in [-0.3, -0.25) is 0 Å². The highest BCUT2D eigenvalue weighted by atomic mass is 79.9. The summed E-state index contributed by atoms with van der Waals surface area (Å²) in [5, 5.41) is 14.8. The van der Waals surface area contributed by atoms with Gasteiger partial charge in [-0.1, -0.05) is 12.1 Å². The van der Waals surface area contributed by atoms with E-state index in [0.29, 0.717) is 5.56 Å². The highest BCUT2D eigenvalue weighted by Gasteiger charge is 2.11. The first kappa shape index (κ1) is 12.9. The van der Waals surface area contributed by atoms with Crippen LogP contribution in [0.2, 0.25) is 0 Å². The minimum absolute atomic E-state index is 0.623. The van der Waals surface area contributed by atoms with E-state index in [-0.39, 0.29) is 0 Å². The monoisotopic (exact) mass is 325 g/mol. The smallest absolute Gasteiger partial charge is 0.100 e. The van der Waals surface area contributed by atoms with Crippen molar-refractivity contribution in [1.29, 1.82) is 5.26 Å². The SMILES string of the molecule is Cc1cccc2c1c(C)nn2-c1ccc(C#N)c(Br)c1. The number of nitriles is 1. The molecule has 0 amide bonds. The van der Waals surface area contributed by atoms with Gasteiger partial charge in [-0.15, -0.1) is 0 Å². The number of fused-ring (bicyclic) bond motifs is 1. The Hall–Kier alpha value is -2.12. The first-order valence-corrected chi connectivity index (χ1v) is 7.06. The van der Waals surface area contributed by atoms with E-state index >= 15 is 0 Å². The third-order valence-corrected chi connectivity index (χ3v) is 4.06. The fourth-order valence-corrected chi connectivity index (χ4v) is 2.93. The summed E-state index contributed by atoms with van der Waals surface area (Å²) in [4.78, 5) is 0. The molecule has 0 unspecified atom stereocenters. The van der Waals surface area contributed by atoms with Gasteiger partial charge in [-0.25, -0.2) is 4.68 Å². The van der Waals surface area contributed by atoms with Gasteiger partial charge in [0.1, 0.15) is 6.07 Å². The van der Waals surface area contributed by atoms with Crippen LogP contribution in [0.5, 0.6) is 0 Å². The van der Waals surface area contributed by atoms with E-state index in [9.17, 15) is 0 Å². The fraction of sp³-hybridized carbons (Fsp3) is 0.125. The van der Waals surface area contributed by atoms with Crippen LogP contribution in [0, 0.1) is 25.2 Å². The molecule has 0 saturated carbocycles. The number of aryl methyl sites for hydroxylation is 2. The van der Waals surface area contributed by atoms with Crippen LogP contribution >= 0.6 is 15.9 Å². The lowest BCUT2D eigenvalue weighted by atomic mass is 10.1. The topological polar surface area (TPSA) is 41.6 Å². The molecule has 98 valence electrons. The summed E-state index contributed by atoms with van der Waals surface area (Å²) in [6, 6.07) is 14.0. The second kappa shape index (κ2) is 4.77. The highest BCUT2D eigenvalue weighted by molar-refractivity contribution is 9.10. The van der Waals surface area contributed by atoms with Gasteiger partial charge in [0.2, 0.25) is 0 Å². The third-order valence-electron chi connectivity index (χ3n) is 3.41. The Morgan fingerprint density at radius 1 is 1.20 bits per heavy atom. The van der Waals surface area contributed by atoms with Crippen LogP contribution in [-0.2, 0) is 0 Å². The summed E-state index contributed by atoms with van der Waals surface area (Å²) in [5.41, 5.74) is 4.88. The molecule has 0 aliphatic carbocycles. The molecule has 3 rings (SSSR count). The largest absolute Gasteiger partial charge is 0.233 e. The Morgan fingerprint density at radius 3 is 2.70 bits per heavy atom. The molecule has 0 N–H and O–H groups in total. The fourth-order valence-electron chi connectivity index (χ4n) is 2.48. The van der Waals surface area contributed by atoms with E-state index in [1.165, 1.54) is 10.9 Å². The minimum atomic E-state index is 0.623. The average molecular weight is 326 g/mol. The van der Waals surface area contributed by atoms with Crippen molar-refractivity contribution in [1.82, 2.24) is 9.78 Å². The molecule has 3 nitrogen and oxygen atoms in total. The molecular formula is C16H12BrN3. The second-order valence-corrected chi connectivity index (χ2v) is 5.60. The molecule has 0 spiro atoms. The summed E-state index contributed by atoms with van der Waals surface area (Å²) in [5.74, 6) is 0.